The van der Waals surface area contributed by atoms with Gasteiger partial charge >= 0.3 is 0 Å². The van der Waals surface area contributed by atoms with Gasteiger partial charge < -0.3 is 11.5 Å². The molecule has 1 aromatic rings. The quantitative estimate of drug-likeness (QED) is 0.656. The van der Waals surface area contributed by atoms with Crippen LogP contribution in [-0.2, 0) is 0 Å². The monoisotopic (exact) mass is 184 g/mol. The Morgan fingerprint density at radius 2 is 1.85 bits per heavy atom. The Labute approximate surface area is 74.5 Å². The van der Waals surface area contributed by atoms with Crippen LogP contribution in [0.1, 0.15) is 24.3 Å². The van der Waals surface area contributed by atoms with E-state index in [0.717, 1.165) is 18.9 Å². The van der Waals surface area contributed by atoms with Gasteiger partial charge in [-0.2, -0.15) is 0 Å². The summed E-state index contributed by atoms with van der Waals surface area (Å²) in [6.45, 7) is 0. The summed E-state index contributed by atoms with van der Waals surface area (Å²) in [6, 6.07) is 0.927. The molecule has 2 rings (SSSR count). The van der Waals surface area contributed by atoms with Crippen LogP contribution in [0.15, 0.2) is 6.07 Å². The highest BCUT2D eigenvalue weighted by Crippen LogP contribution is 2.45. The van der Waals surface area contributed by atoms with Crippen LogP contribution in [0.3, 0.4) is 0 Å². The van der Waals surface area contributed by atoms with E-state index in [-0.39, 0.29) is 22.9 Å². The lowest BCUT2D eigenvalue weighted by Gasteiger charge is -2.08. The predicted octanol–water partition coefficient (Wildman–Crippen LogP) is 2.01. The topological polar surface area (TPSA) is 52.0 Å². The first kappa shape index (κ1) is 8.29. The highest BCUT2D eigenvalue weighted by atomic mass is 19.2. The molecule has 4 heteroatoms. The Balaban J connectivity index is 2.62. The molecule has 0 spiro atoms. The van der Waals surface area contributed by atoms with Gasteiger partial charge in [-0.3, -0.25) is 0 Å². The summed E-state index contributed by atoms with van der Waals surface area (Å²) in [5.74, 6) is -1.68. The molecule has 0 unspecified atom stereocenters. The van der Waals surface area contributed by atoms with Gasteiger partial charge in [0.2, 0.25) is 0 Å². The van der Waals surface area contributed by atoms with Gasteiger partial charge in [0.05, 0.1) is 11.4 Å². The lowest BCUT2D eigenvalue weighted by Crippen LogP contribution is -2.04. The minimum Gasteiger partial charge on any atom is -0.397 e. The van der Waals surface area contributed by atoms with E-state index in [1.54, 1.807) is 0 Å². The second-order valence-corrected chi connectivity index (χ2v) is 3.36. The van der Waals surface area contributed by atoms with Gasteiger partial charge in [-0.15, -0.1) is 0 Å². The van der Waals surface area contributed by atoms with E-state index < -0.39 is 11.6 Å². The van der Waals surface area contributed by atoms with Crippen LogP contribution < -0.4 is 11.5 Å². The van der Waals surface area contributed by atoms with Crippen molar-refractivity contribution in [2.75, 3.05) is 11.5 Å². The van der Waals surface area contributed by atoms with Crippen molar-refractivity contribution in [3.8, 4) is 0 Å². The van der Waals surface area contributed by atoms with Gasteiger partial charge in [-0.25, -0.2) is 8.78 Å². The molecule has 70 valence electrons. The molecule has 0 aromatic heterocycles. The summed E-state index contributed by atoms with van der Waals surface area (Å²) in [5.41, 5.74) is 11.6. The molecule has 0 bridgehead atoms. The van der Waals surface area contributed by atoms with E-state index in [9.17, 15) is 8.78 Å². The SMILES string of the molecule is Nc1cc(F)c(F)c(C2CC2)c1N. The van der Waals surface area contributed by atoms with E-state index in [2.05, 4.69) is 0 Å². The molecule has 0 amide bonds. The van der Waals surface area contributed by atoms with Crippen LogP contribution in [0.2, 0.25) is 0 Å². The van der Waals surface area contributed by atoms with Crippen molar-refractivity contribution in [1.29, 1.82) is 0 Å². The lowest BCUT2D eigenvalue weighted by atomic mass is 10.1. The lowest BCUT2D eigenvalue weighted by molar-refractivity contribution is 0.500. The molecular formula is C9H10F2N2. The van der Waals surface area contributed by atoms with Gasteiger partial charge in [0, 0.05) is 11.6 Å². The number of nitrogen functional groups attached to an aromatic ring is 2. The van der Waals surface area contributed by atoms with Crippen molar-refractivity contribution in [3.63, 3.8) is 0 Å². The molecule has 1 aliphatic rings. The van der Waals surface area contributed by atoms with Crippen LogP contribution in [0, 0.1) is 11.6 Å². The van der Waals surface area contributed by atoms with Gasteiger partial charge in [0.15, 0.2) is 11.6 Å². The molecule has 0 atom stereocenters. The van der Waals surface area contributed by atoms with Crippen LogP contribution >= 0.6 is 0 Å². The summed E-state index contributed by atoms with van der Waals surface area (Å²) in [4.78, 5) is 0. The number of rotatable bonds is 1. The zero-order valence-electron chi connectivity index (χ0n) is 6.98. The molecule has 0 radical (unpaired) electrons. The summed E-state index contributed by atoms with van der Waals surface area (Å²) >= 11 is 0. The maximum atomic E-state index is 13.2. The Kier molecular flexibility index (Phi) is 1.65. The van der Waals surface area contributed by atoms with Crippen LogP contribution in [0.25, 0.3) is 0 Å². The molecule has 1 aromatic carbocycles. The number of hydrogen-bond donors (Lipinski definition) is 2. The van der Waals surface area contributed by atoms with E-state index in [1.165, 1.54) is 0 Å². The first-order valence-electron chi connectivity index (χ1n) is 4.14. The van der Waals surface area contributed by atoms with E-state index >= 15 is 0 Å². The molecule has 0 saturated heterocycles. The summed E-state index contributed by atoms with van der Waals surface area (Å²) in [7, 11) is 0. The van der Waals surface area contributed by atoms with Crippen LogP contribution in [-0.4, -0.2) is 0 Å². The Hall–Kier alpha value is -1.32. The number of nitrogens with two attached hydrogens (primary N) is 2. The molecule has 1 saturated carbocycles. The smallest absolute Gasteiger partial charge is 0.164 e. The van der Waals surface area contributed by atoms with E-state index in [4.69, 9.17) is 11.5 Å². The minimum atomic E-state index is -0.909. The molecular weight excluding hydrogens is 174 g/mol. The van der Waals surface area contributed by atoms with Gasteiger partial charge in [0.1, 0.15) is 0 Å². The normalized spacial score (nSPS) is 16.2. The Morgan fingerprint density at radius 1 is 1.23 bits per heavy atom. The maximum Gasteiger partial charge on any atom is 0.164 e. The van der Waals surface area contributed by atoms with E-state index in [0.29, 0.717) is 0 Å². The maximum absolute atomic E-state index is 13.2. The molecule has 0 heterocycles. The number of hydrogen-bond acceptors (Lipinski definition) is 2. The summed E-state index contributed by atoms with van der Waals surface area (Å²) in [6.07, 6.45) is 1.73. The molecule has 1 aliphatic carbocycles. The van der Waals surface area contributed by atoms with Crippen molar-refractivity contribution in [3.05, 3.63) is 23.3 Å². The van der Waals surface area contributed by atoms with Gasteiger partial charge in [-0.1, -0.05) is 0 Å². The zero-order valence-corrected chi connectivity index (χ0v) is 6.98. The second kappa shape index (κ2) is 2.58. The minimum absolute atomic E-state index is 0.0676. The second-order valence-electron chi connectivity index (χ2n) is 3.36. The van der Waals surface area contributed by atoms with Crippen molar-refractivity contribution in [2.24, 2.45) is 0 Å². The van der Waals surface area contributed by atoms with Gasteiger partial charge in [0.25, 0.3) is 0 Å². The molecule has 1 fully saturated rings. The number of halogens is 2. The molecule has 0 aliphatic heterocycles. The fourth-order valence-electron chi connectivity index (χ4n) is 1.45. The largest absolute Gasteiger partial charge is 0.397 e. The highest BCUT2D eigenvalue weighted by molar-refractivity contribution is 5.69. The third kappa shape index (κ3) is 1.22. The first-order chi connectivity index (χ1) is 6.11. The Bertz CT molecular complexity index is 333. The number of anilines is 2. The summed E-state index contributed by atoms with van der Waals surface area (Å²) in [5, 5.41) is 0. The summed E-state index contributed by atoms with van der Waals surface area (Å²) < 4.78 is 26.1. The third-order valence-electron chi connectivity index (χ3n) is 2.32. The third-order valence-corrected chi connectivity index (χ3v) is 2.32. The number of benzene rings is 1. The average Bonchev–Trinajstić information content (AvgIpc) is 2.85. The van der Waals surface area contributed by atoms with Crippen molar-refractivity contribution < 1.29 is 8.78 Å². The fourth-order valence-corrected chi connectivity index (χ4v) is 1.45. The van der Waals surface area contributed by atoms with Crippen molar-refractivity contribution >= 4 is 11.4 Å². The fraction of sp³-hybridized carbons (Fsp3) is 0.333. The van der Waals surface area contributed by atoms with Crippen molar-refractivity contribution in [1.82, 2.24) is 0 Å². The average molecular weight is 184 g/mol. The van der Waals surface area contributed by atoms with E-state index in [1.807, 2.05) is 0 Å². The molecule has 4 N–H and O–H groups in total. The zero-order chi connectivity index (χ0) is 9.59. The standard InChI is InChI=1S/C9H10F2N2/c10-5-3-6(12)9(13)7(8(5)11)4-1-2-4/h3-4H,1-2,12-13H2. The Morgan fingerprint density at radius 3 is 2.38 bits per heavy atom. The highest BCUT2D eigenvalue weighted by Gasteiger charge is 2.31. The first-order valence-corrected chi connectivity index (χ1v) is 4.14. The van der Waals surface area contributed by atoms with Gasteiger partial charge in [-0.05, 0) is 18.8 Å². The van der Waals surface area contributed by atoms with Crippen LogP contribution in [0.5, 0.6) is 0 Å². The predicted molar refractivity (Wildman–Crippen MR) is 47.2 cm³/mol. The van der Waals surface area contributed by atoms with Crippen molar-refractivity contribution in [2.45, 2.75) is 18.8 Å². The molecule has 13 heavy (non-hydrogen) atoms. The molecule has 2 nitrogen and oxygen atoms in total. The van der Waals surface area contributed by atoms with Crippen LogP contribution in [0.4, 0.5) is 20.2 Å².